The third kappa shape index (κ3) is 1.50. The van der Waals surface area contributed by atoms with Crippen molar-refractivity contribution in [3.63, 3.8) is 0 Å². The number of aliphatic hydroxyl groups is 4. The van der Waals surface area contributed by atoms with Gasteiger partial charge in [0.2, 0.25) is 0 Å². The van der Waals surface area contributed by atoms with Crippen LogP contribution < -0.4 is 0 Å². The van der Waals surface area contributed by atoms with E-state index < -0.39 is 0 Å². The SMILES string of the molecule is OCC1C(CO)C2OC1C(CO)C2CO. The van der Waals surface area contributed by atoms with E-state index in [9.17, 15) is 20.4 Å². The number of hydrogen-bond donors (Lipinski definition) is 4. The Bertz CT molecular complexity index is 180. The van der Waals surface area contributed by atoms with Gasteiger partial charge in [-0.15, -0.1) is 0 Å². The quantitative estimate of drug-likeness (QED) is 0.447. The van der Waals surface area contributed by atoms with E-state index in [4.69, 9.17) is 4.74 Å². The van der Waals surface area contributed by atoms with Gasteiger partial charge in [0, 0.05) is 50.1 Å². The fourth-order valence-corrected chi connectivity index (χ4v) is 3.15. The van der Waals surface area contributed by atoms with E-state index in [0.29, 0.717) is 0 Å². The highest BCUT2D eigenvalue weighted by Gasteiger charge is 2.58. The van der Waals surface area contributed by atoms with Gasteiger partial charge in [-0.25, -0.2) is 0 Å². The van der Waals surface area contributed by atoms with E-state index in [-0.39, 0.29) is 62.3 Å². The molecule has 0 aliphatic carbocycles. The molecule has 2 rings (SSSR count). The van der Waals surface area contributed by atoms with Gasteiger partial charge in [0.05, 0.1) is 12.2 Å². The monoisotopic (exact) mass is 218 g/mol. The van der Waals surface area contributed by atoms with E-state index in [1.807, 2.05) is 0 Å². The third-order valence-corrected chi connectivity index (χ3v) is 3.95. The van der Waals surface area contributed by atoms with Crippen molar-refractivity contribution in [2.75, 3.05) is 26.4 Å². The van der Waals surface area contributed by atoms with Gasteiger partial charge < -0.3 is 25.2 Å². The number of aliphatic hydroxyl groups excluding tert-OH is 4. The van der Waals surface area contributed by atoms with Gasteiger partial charge in [0.1, 0.15) is 0 Å². The van der Waals surface area contributed by atoms with Crippen LogP contribution in [0.1, 0.15) is 0 Å². The highest BCUT2D eigenvalue weighted by Crippen LogP contribution is 2.49. The maximum atomic E-state index is 9.23. The molecule has 0 aromatic heterocycles. The number of hydrogen-bond acceptors (Lipinski definition) is 5. The van der Waals surface area contributed by atoms with Crippen LogP contribution in [0.4, 0.5) is 0 Å². The van der Waals surface area contributed by atoms with E-state index in [1.165, 1.54) is 0 Å². The molecule has 2 aliphatic heterocycles. The van der Waals surface area contributed by atoms with Crippen molar-refractivity contribution in [2.45, 2.75) is 12.2 Å². The van der Waals surface area contributed by atoms with E-state index in [2.05, 4.69) is 0 Å². The normalized spacial score (nSPS) is 48.8. The molecule has 5 nitrogen and oxygen atoms in total. The van der Waals surface area contributed by atoms with Crippen LogP contribution >= 0.6 is 0 Å². The van der Waals surface area contributed by atoms with Gasteiger partial charge in [0.25, 0.3) is 0 Å². The largest absolute Gasteiger partial charge is 0.396 e. The van der Waals surface area contributed by atoms with Crippen LogP contribution in [0, 0.1) is 23.7 Å². The van der Waals surface area contributed by atoms with Crippen LogP contribution in [0.3, 0.4) is 0 Å². The van der Waals surface area contributed by atoms with Crippen LogP contribution in [0.2, 0.25) is 0 Å². The van der Waals surface area contributed by atoms with Gasteiger partial charge in [-0.1, -0.05) is 0 Å². The molecule has 2 fully saturated rings. The van der Waals surface area contributed by atoms with Crippen LogP contribution in [0.5, 0.6) is 0 Å². The zero-order chi connectivity index (χ0) is 11.0. The fourth-order valence-electron chi connectivity index (χ4n) is 3.15. The maximum Gasteiger partial charge on any atom is 0.0688 e. The summed E-state index contributed by atoms with van der Waals surface area (Å²) in [5.74, 6) is -0.445. The lowest BCUT2D eigenvalue weighted by atomic mass is 9.69. The Morgan fingerprint density at radius 3 is 1.07 bits per heavy atom. The number of rotatable bonds is 4. The van der Waals surface area contributed by atoms with Gasteiger partial charge in [0.15, 0.2) is 0 Å². The molecular weight excluding hydrogens is 200 g/mol. The van der Waals surface area contributed by atoms with Crippen LogP contribution in [0.15, 0.2) is 0 Å². The van der Waals surface area contributed by atoms with Crippen LogP contribution in [0.25, 0.3) is 0 Å². The molecular formula is C10H18O5. The minimum Gasteiger partial charge on any atom is -0.396 e. The van der Waals surface area contributed by atoms with Crippen molar-refractivity contribution in [1.29, 1.82) is 0 Å². The molecule has 4 unspecified atom stereocenters. The molecule has 0 saturated carbocycles. The smallest absolute Gasteiger partial charge is 0.0688 e. The molecule has 2 aliphatic rings. The molecule has 0 radical (unpaired) electrons. The lowest BCUT2D eigenvalue weighted by Gasteiger charge is -2.34. The lowest BCUT2D eigenvalue weighted by molar-refractivity contribution is 0.0225. The fraction of sp³-hybridized carbons (Fsp3) is 1.00. The lowest BCUT2D eigenvalue weighted by Crippen LogP contribution is -2.45. The minimum absolute atomic E-state index is 0.0406. The topological polar surface area (TPSA) is 90.2 Å². The van der Waals surface area contributed by atoms with Gasteiger partial charge in [-0.3, -0.25) is 0 Å². The predicted octanol–water partition coefficient (Wildman–Crippen LogP) is -1.80. The minimum atomic E-state index is -0.223. The predicted molar refractivity (Wildman–Crippen MR) is 51.0 cm³/mol. The second-order valence-electron chi connectivity index (χ2n) is 4.45. The van der Waals surface area contributed by atoms with Crippen molar-refractivity contribution in [2.24, 2.45) is 23.7 Å². The summed E-state index contributed by atoms with van der Waals surface area (Å²) < 4.78 is 5.65. The molecule has 88 valence electrons. The molecule has 0 aromatic rings. The Morgan fingerprint density at radius 2 is 0.867 bits per heavy atom. The van der Waals surface area contributed by atoms with Gasteiger partial charge >= 0.3 is 0 Å². The average molecular weight is 218 g/mol. The highest BCUT2D eigenvalue weighted by atomic mass is 16.5. The van der Waals surface area contributed by atoms with E-state index in [0.717, 1.165) is 0 Å². The Labute approximate surface area is 88.3 Å². The molecule has 2 heterocycles. The molecule has 15 heavy (non-hydrogen) atoms. The molecule has 0 amide bonds. The first-order chi connectivity index (χ1) is 7.28. The number of fused-ring (bicyclic) bond motifs is 2. The second kappa shape index (κ2) is 4.35. The molecule has 2 saturated heterocycles. The molecule has 0 aromatic carbocycles. The summed E-state index contributed by atoms with van der Waals surface area (Å²) in [7, 11) is 0. The first-order valence-electron chi connectivity index (χ1n) is 5.37. The Morgan fingerprint density at radius 1 is 0.600 bits per heavy atom. The van der Waals surface area contributed by atoms with Crippen molar-refractivity contribution in [1.82, 2.24) is 0 Å². The summed E-state index contributed by atoms with van der Waals surface area (Å²) in [6.45, 7) is -0.163. The second-order valence-corrected chi connectivity index (χ2v) is 4.45. The summed E-state index contributed by atoms with van der Waals surface area (Å²) in [4.78, 5) is 0. The summed E-state index contributed by atoms with van der Waals surface area (Å²) >= 11 is 0. The number of ether oxygens (including phenoxy) is 1. The maximum absolute atomic E-state index is 9.23. The van der Waals surface area contributed by atoms with Crippen LogP contribution in [-0.4, -0.2) is 59.1 Å². The molecule has 5 heteroatoms. The van der Waals surface area contributed by atoms with Gasteiger partial charge in [-0.2, -0.15) is 0 Å². The van der Waals surface area contributed by atoms with Crippen LogP contribution in [-0.2, 0) is 4.74 Å². The van der Waals surface area contributed by atoms with E-state index >= 15 is 0 Å². The van der Waals surface area contributed by atoms with Crippen molar-refractivity contribution in [3.8, 4) is 0 Å². The zero-order valence-corrected chi connectivity index (χ0v) is 8.49. The first kappa shape index (κ1) is 11.3. The average Bonchev–Trinajstić information content (AvgIpc) is 2.80. The standard InChI is InChI=1S/C10H18O5/c11-1-5-6(2-12)10-8(4-14)7(3-13)9(5)15-10/h5-14H,1-4H2. The molecule has 4 N–H and O–H groups in total. The Kier molecular flexibility index (Phi) is 3.27. The molecule has 2 bridgehead atoms. The first-order valence-corrected chi connectivity index (χ1v) is 5.37. The van der Waals surface area contributed by atoms with Crippen molar-refractivity contribution in [3.05, 3.63) is 0 Å². The highest BCUT2D eigenvalue weighted by molar-refractivity contribution is 5.04. The van der Waals surface area contributed by atoms with E-state index in [1.54, 1.807) is 0 Å². The van der Waals surface area contributed by atoms with Crippen molar-refractivity contribution >= 4 is 0 Å². The zero-order valence-electron chi connectivity index (χ0n) is 8.49. The van der Waals surface area contributed by atoms with Crippen molar-refractivity contribution < 1.29 is 25.2 Å². The Hall–Kier alpha value is -0.200. The molecule has 0 spiro atoms. The summed E-state index contributed by atoms with van der Waals surface area (Å²) in [5, 5.41) is 36.9. The summed E-state index contributed by atoms with van der Waals surface area (Å²) in [6, 6.07) is 0. The summed E-state index contributed by atoms with van der Waals surface area (Å²) in [5.41, 5.74) is 0. The third-order valence-electron chi connectivity index (χ3n) is 3.95. The van der Waals surface area contributed by atoms with Gasteiger partial charge in [-0.05, 0) is 0 Å². The Balaban J connectivity index is 2.17. The summed E-state index contributed by atoms with van der Waals surface area (Å²) in [6.07, 6.45) is -0.446. The molecule has 4 atom stereocenters.